The number of hydrogen-bond acceptors (Lipinski definition) is 3. The molecule has 6 heteroatoms. The van der Waals surface area contributed by atoms with Crippen molar-refractivity contribution >= 4 is 11.8 Å². The molecule has 1 saturated heterocycles. The number of nitrogens with zero attached hydrogens (tertiary/aromatic N) is 2. The Kier molecular flexibility index (Phi) is 4.13. The van der Waals surface area contributed by atoms with Gasteiger partial charge in [-0.1, -0.05) is 0 Å². The first kappa shape index (κ1) is 14.6. The summed E-state index contributed by atoms with van der Waals surface area (Å²) in [5, 5.41) is 0. The Morgan fingerprint density at radius 2 is 2.10 bits per heavy atom. The third kappa shape index (κ3) is 2.70. The summed E-state index contributed by atoms with van der Waals surface area (Å²) in [6.45, 7) is 2.64. The molecule has 6 nitrogen and oxygen atoms in total. The lowest BCUT2D eigenvalue weighted by Crippen LogP contribution is -2.52. The Balaban J connectivity index is 2.27. The van der Waals surface area contributed by atoms with E-state index in [0.717, 1.165) is 19.3 Å². The van der Waals surface area contributed by atoms with Crippen molar-refractivity contribution in [2.45, 2.75) is 38.3 Å². The summed E-state index contributed by atoms with van der Waals surface area (Å²) in [6.07, 6.45) is 4.59. The van der Waals surface area contributed by atoms with Gasteiger partial charge in [0.05, 0.1) is 5.56 Å². The predicted octanol–water partition coefficient (Wildman–Crippen LogP) is 0.466. The van der Waals surface area contributed by atoms with Crippen LogP contribution in [0.3, 0.4) is 0 Å². The lowest BCUT2D eigenvalue weighted by molar-refractivity contribution is 0.0574. The number of carbonyl (C=O) groups is 2. The van der Waals surface area contributed by atoms with Gasteiger partial charge < -0.3 is 20.9 Å². The molecule has 20 heavy (non-hydrogen) atoms. The van der Waals surface area contributed by atoms with Crippen LogP contribution in [0.25, 0.3) is 0 Å². The fourth-order valence-corrected chi connectivity index (χ4v) is 2.82. The summed E-state index contributed by atoms with van der Waals surface area (Å²) in [4.78, 5) is 25.7. The monoisotopic (exact) mass is 278 g/mol. The van der Waals surface area contributed by atoms with Crippen LogP contribution in [0, 0.1) is 0 Å². The molecule has 0 aliphatic carbocycles. The first-order valence-electron chi connectivity index (χ1n) is 6.94. The average molecular weight is 278 g/mol. The normalized spacial score (nSPS) is 20.8. The first-order chi connectivity index (χ1) is 9.41. The number of piperidine rings is 1. The number of primary amides is 1. The van der Waals surface area contributed by atoms with E-state index < -0.39 is 5.91 Å². The maximum absolute atomic E-state index is 12.7. The van der Waals surface area contributed by atoms with E-state index in [0.29, 0.717) is 17.8 Å². The standard InChI is InChI=1S/C14H22N4O2/c1-9(15)11-5-3-4-6-18(11)14(20)12-7-10(13(16)19)8-17(12)2/h7-9,11H,3-6,15H2,1-2H3,(H2,16,19)/t9-,11+/m1/s1. The van der Waals surface area contributed by atoms with Crippen molar-refractivity contribution in [1.29, 1.82) is 0 Å². The fraction of sp³-hybridized carbons (Fsp3) is 0.571. The molecule has 2 heterocycles. The van der Waals surface area contributed by atoms with Crippen molar-refractivity contribution < 1.29 is 9.59 Å². The second-order valence-corrected chi connectivity index (χ2v) is 5.51. The molecule has 0 saturated carbocycles. The highest BCUT2D eigenvalue weighted by Crippen LogP contribution is 2.22. The number of amides is 2. The Labute approximate surface area is 118 Å². The van der Waals surface area contributed by atoms with Crippen LogP contribution in [0.5, 0.6) is 0 Å². The molecule has 2 atom stereocenters. The molecule has 2 rings (SSSR count). The largest absolute Gasteiger partial charge is 0.366 e. The minimum absolute atomic E-state index is 0.0585. The summed E-state index contributed by atoms with van der Waals surface area (Å²) in [5.41, 5.74) is 12.1. The molecule has 0 radical (unpaired) electrons. The summed E-state index contributed by atoms with van der Waals surface area (Å²) in [5.74, 6) is -0.607. The van der Waals surface area contributed by atoms with E-state index in [9.17, 15) is 9.59 Å². The van der Waals surface area contributed by atoms with Gasteiger partial charge in [0.1, 0.15) is 5.69 Å². The van der Waals surface area contributed by atoms with Crippen molar-refractivity contribution in [3.05, 3.63) is 23.5 Å². The lowest BCUT2D eigenvalue weighted by Gasteiger charge is -2.38. The van der Waals surface area contributed by atoms with Crippen LogP contribution in [0.2, 0.25) is 0 Å². The van der Waals surface area contributed by atoms with E-state index in [1.165, 1.54) is 0 Å². The highest BCUT2D eigenvalue weighted by atomic mass is 16.2. The third-order valence-electron chi connectivity index (χ3n) is 3.93. The quantitative estimate of drug-likeness (QED) is 0.841. The van der Waals surface area contributed by atoms with Crippen molar-refractivity contribution in [1.82, 2.24) is 9.47 Å². The van der Waals surface area contributed by atoms with Crippen LogP contribution >= 0.6 is 0 Å². The Bertz CT molecular complexity index is 521. The van der Waals surface area contributed by atoms with E-state index >= 15 is 0 Å². The molecule has 0 unspecified atom stereocenters. The van der Waals surface area contributed by atoms with E-state index in [1.54, 1.807) is 23.9 Å². The van der Waals surface area contributed by atoms with Gasteiger partial charge in [-0.05, 0) is 32.3 Å². The van der Waals surface area contributed by atoms with Crippen molar-refractivity contribution in [2.75, 3.05) is 6.54 Å². The average Bonchev–Trinajstić information content (AvgIpc) is 2.80. The number of carbonyl (C=O) groups excluding carboxylic acids is 2. The highest BCUT2D eigenvalue weighted by Gasteiger charge is 2.31. The number of rotatable bonds is 3. The second-order valence-electron chi connectivity index (χ2n) is 5.51. The van der Waals surface area contributed by atoms with E-state index in [1.807, 2.05) is 11.8 Å². The van der Waals surface area contributed by atoms with E-state index in [4.69, 9.17) is 11.5 Å². The molecule has 110 valence electrons. The maximum Gasteiger partial charge on any atom is 0.270 e. The molecule has 1 aliphatic rings. The third-order valence-corrected chi connectivity index (χ3v) is 3.93. The minimum Gasteiger partial charge on any atom is -0.366 e. The number of nitrogens with two attached hydrogens (primary N) is 2. The van der Waals surface area contributed by atoms with Crippen molar-refractivity contribution in [2.24, 2.45) is 18.5 Å². The molecule has 0 aromatic carbocycles. The predicted molar refractivity (Wildman–Crippen MR) is 76.3 cm³/mol. The van der Waals surface area contributed by atoms with Crippen LogP contribution in [-0.2, 0) is 7.05 Å². The van der Waals surface area contributed by atoms with Gasteiger partial charge in [0, 0.05) is 31.9 Å². The first-order valence-corrected chi connectivity index (χ1v) is 6.94. The molecular weight excluding hydrogens is 256 g/mol. The molecule has 4 N–H and O–H groups in total. The Hall–Kier alpha value is -1.82. The van der Waals surface area contributed by atoms with Gasteiger partial charge in [0.15, 0.2) is 0 Å². The Morgan fingerprint density at radius 1 is 1.40 bits per heavy atom. The molecule has 2 amide bonds. The summed E-state index contributed by atoms with van der Waals surface area (Å²) >= 11 is 0. The van der Waals surface area contributed by atoms with Crippen molar-refractivity contribution in [3.8, 4) is 0 Å². The van der Waals surface area contributed by atoms with Crippen molar-refractivity contribution in [3.63, 3.8) is 0 Å². The maximum atomic E-state index is 12.7. The molecule has 1 aromatic rings. The molecular formula is C14H22N4O2. The van der Waals surface area contributed by atoms with Crippen LogP contribution in [0.4, 0.5) is 0 Å². The summed E-state index contributed by atoms with van der Waals surface area (Å²) in [6, 6.07) is 1.55. The Morgan fingerprint density at radius 3 is 2.65 bits per heavy atom. The van der Waals surface area contributed by atoms with Gasteiger partial charge in [0.2, 0.25) is 5.91 Å². The minimum atomic E-state index is -0.526. The van der Waals surface area contributed by atoms with E-state index in [-0.39, 0.29) is 18.0 Å². The summed E-state index contributed by atoms with van der Waals surface area (Å²) < 4.78 is 1.65. The zero-order valence-corrected chi connectivity index (χ0v) is 12.0. The van der Waals surface area contributed by atoms with Gasteiger partial charge in [0.25, 0.3) is 5.91 Å². The zero-order chi connectivity index (χ0) is 14.9. The molecule has 0 spiro atoms. The summed E-state index contributed by atoms with van der Waals surface area (Å²) in [7, 11) is 1.74. The van der Waals surface area contributed by atoms with Gasteiger partial charge in [-0.15, -0.1) is 0 Å². The van der Waals surface area contributed by atoms with Gasteiger partial charge in [-0.2, -0.15) is 0 Å². The van der Waals surface area contributed by atoms with Crippen LogP contribution in [0.1, 0.15) is 47.0 Å². The lowest BCUT2D eigenvalue weighted by atomic mass is 9.96. The van der Waals surface area contributed by atoms with E-state index in [2.05, 4.69) is 0 Å². The molecule has 0 bridgehead atoms. The van der Waals surface area contributed by atoms with Gasteiger partial charge in [-0.25, -0.2) is 0 Å². The topological polar surface area (TPSA) is 94.3 Å². The molecule has 1 aromatic heterocycles. The second kappa shape index (κ2) is 5.66. The van der Waals surface area contributed by atoms with Crippen LogP contribution in [-0.4, -0.2) is 39.9 Å². The SMILES string of the molecule is C[C@@H](N)[C@@H]1CCCCN1C(=O)c1cc(C(N)=O)cn1C. The fourth-order valence-electron chi connectivity index (χ4n) is 2.82. The van der Waals surface area contributed by atoms with Crippen LogP contribution < -0.4 is 11.5 Å². The number of likely N-dealkylation sites (tertiary alicyclic amines) is 1. The molecule has 1 aliphatic heterocycles. The highest BCUT2D eigenvalue weighted by molar-refractivity contribution is 5.98. The number of hydrogen-bond donors (Lipinski definition) is 2. The van der Waals surface area contributed by atoms with Gasteiger partial charge in [-0.3, -0.25) is 9.59 Å². The zero-order valence-electron chi connectivity index (χ0n) is 12.0. The molecule has 1 fully saturated rings. The van der Waals surface area contributed by atoms with Crippen LogP contribution in [0.15, 0.2) is 12.3 Å². The number of aryl methyl sites for hydroxylation is 1. The van der Waals surface area contributed by atoms with Gasteiger partial charge >= 0.3 is 0 Å². The number of aromatic nitrogens is 1. The smallest absolute Gasteiger partial charge is 0.270 e.